The summed E-state index contributed by atoms with van der Waals surface area (Å²) in [5, 5.41) is 14.2. The second-order valence-corrected chi connectivity index (χ2v) is 5.59. The van der Waals surface area contributed by atoms with Gasteiger partial charge in [-0.05, 0) is 37.3 Å². The Kier molecular flexibility index (Phi) is 3.66. The largest absolute Gasteiger partial charge is 0.377 e. The molecule has 1 aromatic rings. The van der Waals surface area contributed by atoms with Crippen LogP contribution >= 0.6 is 15.9 Å². The first-order chi connectivity index (χ1) is 8.06. The van der Waals surface area contributed by atoms with Gasteiger partial charge in [0.25, 0.3) is 5.69 Å². The number of anilines is 1. The van der Waals surface area contributed by atoms with Gasteiger partial charge in [0, 0.05) is 16.6 Å². The Morgan fingerprint density at radius 1 is 1.47 bits per heavy atom. The third-order valence-electron chi connectivity index (χ3n) is 3.21. The summed E-state index contributed by atoms with van der Waals surface area (Å²) in [6, 6.07) is 5.50. The van der Waals surface area contributed by atoms with Crippen molar-refractivity contribution in [1.29, 1.82) is 0 Å². The molecule has 0 aliphatic heterocycles. The summed E-state index contributed by atoms with van der Waals surface area (Å²) < 4.78 is 0.731. The maximum absolute atomic E-state index is 11.0. The van der Waals surface area contributed by atoms with Gasteiger partial charge in [0.2, 0.25) is 0 Å². The molecule has 0 amide bonds. The van der Waals surface area contributed by atoms with Crippen LogP contribution < -0.4 is 5.32 Å². The number of hydrogen-bond acceptors (Lipinski definition) is 3. The molecule has 17 heavy (non-hydrogen) atoms. The van der Waals surface area contributed by atoms with Gasteiger partial charge in [0.1, 0.15) is 5.69 Å². The summed E-state index contributed by atoms with van der Waals surface area (Å²) >= 11 is 3.25. The average molecular weight is 299 g/mol. The van der Waals surface area contributed by atoms with Crippen molar-refractivity contribution < 1.29 is 4.92 Å². The van der Waals surface area contributed by atoms with Crippen molar-refractivity contribution in [3.05, 3.63) is 32.8 Å². The zero-order chi connectivity index (χ0) is 12.4. The molecule has 1 fully saturated rings. The van der Waals surface area contributed by atoms with Crippen molar-refractivity contribution in [2.45, 2.75) is 32.2 Å². The van der Waals surface area contributed by atoms with E-state index in [0.717, 1.165) is 17.3 Å². The van der Waals surface area contributed by atoms with E-state index in [0.29, 0.717) is 17.6 Å². The topological polar surface area (TPSA) is 55.2 Å². The molecule has 1 aliphatic carbocycles. The van der Waals surface area contributed by atoms with Crippen LogP contribution in [0.15, 0.2) is 22.7 Å². The van der Waals surface area contributed by atoms with Crippen LogP contribution in [0.1, 0.15) is 26.2 Å². The Balaban J connectivity index is 2.17. The Morgan fingerprint density at radius 2 is 2.24 bits per heavy atom. The highest BCUT2D eigenvalue weighted by Crippen LogP contribution is 2.32. The molecule has 1 aliphatic rings. The first-order valence-electron chi connectivity index (χ1n) is 5.76. The minimum Gasteiger partial charge on any atom is -0.377 e. The molecule has 4 nitrogen and oxygen atoms in total. The van der Waals surface area contributed by atoms with Crippen molar-refractivity contribution in [3.63, 3.8) is 0 Å². The van der Waals surface area contributed by atoms with E-state index in [1.807, 2.05) is 6.07 Å². The lowest BCUT2D eigenvalue weighted by atomic mass is 10.1. The van der Waals surface area contributed by atoms with Crippen LogP contribution in [0.25, 0.3) is 0 Å². The molecule has 0 heterocycles. The number of hydrogen-bond donors (Lipinski definition) is 1. The maximum Gasteiger partial charge on any atom is 0.293 e. The highest BCUT2D eigenvalue weighted by molar-refractivity contribution is 9.10. The third kappa shape index (κ3) is 2.97. The molecular weight excluding hydrogens is 284 g/mol. The van der Waals surface area contributed by atoms with E-state index in [9.17, 15) is 10.1 Å². The Labute approximate surface area is 109 Å². The molecule has 0 spiro atoms. The third-order valence-corrected chi connectivity index (χ3v) is 3.70. The van der Waals surface area contributed by atoms with Gasteiger partial charge in [0.15, 0.2) is 0 Å². The summed E-state index contributed by atoms with van der Waals surface area (Å²) in [6.07, 6.45) is 3.38. The lowest BCUT2D eigenvalue weighted by Crippen LogP contribution is -2.16. The molecule has 5 heteroatoms. The summed E-state index contributed by atoms with van der Waals surface area (Å²) in [7, 11) is 0. The summed E-state index contributed by atoms with van der Waals surface area (Å²) in [5.74, 6) is 0.710. The molecule has 0 radical (unpaired) electrons. The monoisotopic (exact) mass is 298 g/mol. The summed E-state index contributed by atoms with van der Waals surface area (Å²) in [5.41, 5.74) is 0.760. The minimum atomic E-state index is -0.342. The van der Waals surface area contributed by atoms with Crippen LogP contribution in [0.2, 0.25) is 0 Å². The molecule has 92 valence electrons. The van der Waals surface area contributed by atoms with Gasteiger partial charge >= 0.3 is 0 Å². The van der Waals surface area contributed by atoms with Crippen molar-refractivity contribution in [2.24, 2.45) is 5.92 Å². The Hall–Kier alpha value is -1.10. The smallest absolute Gasteiger partial charge is 0.293 e. The molecule has 0 bridgehead atoms. The van der Waals surface area contributed by atoms with Crippen LogP contribution in [0, 0.1) is 16.0 Å². The van der Waals surface area contributed by atoms with Crippen molar-refractivity contribution in [2.75, 3.05) is 5.32 Å². The van der Waals surface area contributed by atoms with Gasteiger partial charge in [0.05, 0.1) is 4.92 Å². The normalized spacial score (nSPS) is 23.6. The molecule has 1 N–H and O–H groups in total. The zero-order valence-corrected chi connectivity index (χ0v) is 11.2. The van der Waals surface area contributed by atoms with E-state index in [4.69, 9.17) is 0 Å². The number of rotatable bonds is 3. The molecule has 1 aromatic carbocycles. The quantitative estimate of drug-likeness (QED) is 0.679. The van der Waals surface area contributed by atoms with Crippen LogP contribution in [-0.4, -0.2) is 11.0 Å². The van der Waals surface area contributed by atoms with Gasteiger partial charge in [-0.2, -0.15) is 0 Å². The van der Waals surface area contributed by atoms with Crippen molar-refractivity contribution >= 4 is 27.3 Å². The van der Waals surface area contributed by atoms with E-state index in [2.05, 4.69) is 28.2 Å². The van der Waals surface area contributed by atoms with E-state index in [1.54, 1.807) is 12.1 Å². The second-order valence-electron chi connectivity index (χ2n) is 4.68. The van der Waals surface area contributed by atoms with Gasteiger partial charge in [-0.3, -0.25) is 10.1 Å². The van der Waals surface area contributed by atoms with Crippen LogP contribution in [0.5, 0.6) is 0 Å². The fraction of sp³-hybridized carbons (Fsp3) is 0.500. The lowest BCUT2D eigenvalue weighted by molar-refractivity contribution is -0.384. The van der Waals surface area contributed by atoms with E-state index in [-0.39, 0.29) is 10.6 Å². The van der Waals surface area contributed by atoms with Crippen molar-refractivity contribution in [3.8, 4) is 0 Å². The molecule has 0 aromatic heterocycles. The standard InChI is InChI=1S/C12H15BrN2O2/c1-8-2-4-10(6-8)14-11-5-3-9(13)7-12(11)15(16)17/h3,5,7-8,10,14H,2,4,6H2,1H3. The Morgan fingerprint density at radius 3 is 2.82 bits per heavy atom. The van der Waals surface area contributed by atoms with Gasteiger partial charge < -0.3 is 5.32 Å². The van der Waals surface area contributed by atoms with E-state index >= 15 is 0 Å². The molecule has 2 unspecified atom stereocenters. The van der Waals surface area contributed by atoms with Crippen molar-refractivity contribution in [1.82, 2.24) is 0 Å². The van der Waals surface area contributed by atoms with E-state index in [1.165, 1.54) is 6.42 Å². The average Bonchev–Trinajstić information content (AvgIpc) is 2.66. The zero-order valence-electron chi connectivity index (χ0n) is 9.65. The first kappa shape index (κ1) is 12.4. The van der Waals surface area contributed by atoms with Crippen LogP contribution in [0.4, 0.5) is 11.4 Å². The number of benzene rings is 1. The fourth-order valence-corrected chi connectivity index (χ4v) is 2.69. The molecular formula is C12H15BrN2O2. The van der Waals surface area contributed by atoms with Crippen LogP contribution in [0.3, 0.4) is 0 Å². The number of nitrogens with zero attached hydrogens (tertiary/aromatic N) is 1. The molecule has 0 saturated heterocycles. The number of nitro benzene ring substituents is 1. The highest BCUT2D eigenvalue weighted by Gasteiger charge is 2.23. The predicted octanol–water partition coefficient (Wildman–Crippen LogP) is 3.96. The Bertz CT molecular complexity index is 437. The second kappa shape index (κ2) is 5.04. The van der Waals surface area contributed by atoms with E-state index < -0.39 is 0 Å². The van der Waals surface area contributed by atoms with Gasteiger partial charge in [-0.1, -0.05) is 22.9 Å². The fourth-order valence-electron chi connectivity index (χ4n) is 2.34. The number of halogens is 1. The first-order valence-corrected chi connectivity index (χ1v) is 6.56. The molecule has 1 saturated carbocycles. The number of nitrogens with one attached hydrogen (secondary N) is 1. The predicted molar refractivity (Wildman–Crippen MR) is 71.2 cm³/mol. The lowest BCUT2D eigenvalue weighted by Gasteiger charge is -2.14. The molecule has 2 atom stereocenters. The van der Waals surface area contributed by atoms with Crippen LogP contribution in [-0.2, 0) is 0 Å². The number of nitro groups is 1. The van der Waals surface area contributed by atoms with Gasteiger partial charge in [-0.25, -0.2) is 0 Å². The summed E-state index contributed by atoms with van der Waals surface area (Å²) in [6.45, 7) is 2.22. The molecule has 2 rings (SSSR count). The SMILES string of the molecule is CC1CCC(Nc2ccc(Br)cc2[N+](=O)[O-])C1. The van der Waals surface area contributed by atoms with Gasteiger partial charge in [-0.15, -0.1) is 0 Å². The highest BCUT2D eigenvalue weighted by atomic mass is 79.9. The maximum atomic E-state index is 11.0. The summed E-state index contributed by atoms with van der Waals surface area (Å²) in [4.78, 5) is 10.6. The minimum absolute atomic E-state index is 0.138.